The number of carboxylic acid groups (broad SMARTS) is 1. The van der Waals surface area contributed by atoms with Crippen LogP contribution < -0.4 is 11.1 Å². The third-order valence-electron chi connectivity index (χ3n) is 2.61. The van der Waals surface area contributed by atoms with E-state index in [0.29, 0.717) is 6.42 Å². The predicted molar refractivity (Wildman–Crippen MR) is 78.5 cm³/mol. The van der Waals surface area contributed by atoms with Crippen molar-refractivity contribution in [1.82, 2.24) is 10.2 Å². The number of carbonyl (C=O) groups excluding carboxylic acids is 2. The number of carboxylic acids is 1. The van der Waals surface area contributed by atoms with E-state index in [1.165, 1.54) is 7.05 Å². The van der Waals surface area contributed by atoms with Crippen LogP contribution in [0, 0.1) is 5.92 Å². The number of rotatable bonds is 8. The van der Waals surface area contributed by atoms with Gasteiger partial charge in [-0.15, -0.1) is 0 Å². The molecule has 0 aromatic carbocycles. The molecule has 0 aromatic rings. The molecule has 0 aromatic heterocycles. The van der Waals surface area contributed by atoms with Crippen LogP contribution in [0.15, 0.2) is 0 Å². The third kappa shape index (κ3) is 6.76. The summed E-state index contributed by atoms with van der Waals surface area (Å²) in [6.45, 7) is 3.45. The number of hydrogen-bond donors (Lipinski definition) is 4. The maximum Gasteiger partial charge on any atom is 0.323 e. The lowest BCUT2D eigenvalue weighted by Crippen LogP contribution is -2.53. The molecule has 8 heteroatoms. The van der Waals surface area contributed by atoms with Gasteiger partial charge in [-0.3, -0.25) is 14.4 Å². The van der Waals surface area contributed by atoms with E-state index in [4.69, 9.17) is 10.8 Å². The van der Waals surface area contributed by atoms with E-state index >= 15 is 0 Å². The van der Waals surface area contributed by atoms with Crippen LogP contribution in [0.3, 0.4) is 0 Å². The van der Waals surface area contributed by atoms with Crippen LogP contribution in [0.25, 0.3) is 0 Å². The van der Waals surface area contributed by atoms with Gasteiger partial charge in [-0.1, -0.05) is 13.8 Å². The van der Waals surface area contributed by atoms with Crippen LogP contribution in [0.5, 0.6) is 0 Å². The van der Waals surface area contributed by atoms with Crippen LogP contribution in [0.1, 0.15) is 20.3 Å². The average Bonchev–Trinajstić information content (AvgIpc) is 2.32. The number of nitrogens with two attached hydrogens (primary N) is 1. The molecule has 2 amide bonds. The van der Waals surface area contributed by atoms with Gasteiger partial charge >= 0.3 is 5.97 Å². The number of hydrogen-bond acceptors (Lipinski definition) is 5. The second kappa shape index (κ2) is 8.80. The molecule has 0 heterocycles. The zero-order valence-corrected chi connectivity index (χ0v) is 12.9. The standard InChI is InChI=1S/C12H23N3O4S/c1-7(2)4-8(13)11(18)14-9(6-20)12(19)15(3)5-10(16)17/h7-9,20H,4-6,13H2,1-3H3,(H,14,18)(H,16,17)/t8-,9-/m0/s1. The Balaban J connectivity index is 4.57. The van der Waals surface area contributed by atoms with E-state index in [1.54, 1.807) is 0 Å². The van der Waals surface area contributed by atoms with E-state index in [-0.39, 0.29) is 11.7 Å². The molecule has 116 valence electrons. The van der Waals surface area contributed by atoms with Crippen molar-refractivity contribution in [3.8, 4) is 0 Å². The predicted octanol–water partition coefficient (Wildman–Crippen LogP) is -0.683. The Kier molecular flexibility index (Phi) is 8.24. The zero-order valence-electron chi connectivity index (χ0n) is 12.0. The normalized spacial score (nSPS) is 13.7. The van der Waals surface area contributed by atoms with Crippen LogP contribution >= 0.6 is 12.6 Å². The van der Waals surface area contributed by atoms with Crippen molar-refractivity contribution < 1.29 is 19.5 Å². The van der Waals surface area contributed by atoms with Gasteiger partial charge < -0.3 is 21.1 Å². The molecule has 0 radical (unpaired) electrons. The quantitative estimate of drug-likeness (QED) is 0.444. The number of carbonyl (C=O) groups is 3. The lowest BCUT2D eigenvalue weighted by atomic mass is 10.0. The zero-order chi connectivity index (χ0) is 15.9. The highest BCUT2D eigenvalue weighted by Crippen LogP contribution is 2.04. The Morgan fingerprint density at radius 2 is 1.90 bits per heavy atom. The van der Waals surface area contributed by atoms with Gasteiger partial charge in [0, 0.05) is 12.8 Å². The van der Waals surface area contributed by atoms with E-state index in [9.17, 15) is 14.4 Å². The molecule has 0 saturated carbocycles. The lowest BCUT2D eigenvalue weighted by Gasteiger charge is -2.23. The van der Waals surface area contributed by atoms with E-state index in [1.807, 2.05) is 13.8 Å². The summed E-state index contributed by atoms with van der Waals surface area (Å²) >= 11 is 4.00. The second-order valence-electron chi connectivity index (χ2n) is 5.07. The molecular formula is C12H23N3O4S. The minimum absolute atomic E-state index is 0.0724. The summed E-state index contributed by atoms with van der Waals surface area (Å²) in [5.74, 6) is -1.73. The van der Waals surface area contributed by atoms with Gasteiger partial charge in [-0.05, 0) is 12.3 Å². The largest absolute Gasteiger partial charge is 0.480 e. The number of amides is 2. The maximum atomic E-state index is 11.9. The first kappa shape index (κ1) is 18.7. The van der Waals surface area contributed by atoms with E-state index < -0.39 is 36.4 Å². The van der Waals surface area contributed by atoms with Crippen molar-refractivity contribution >= 4 is 30.4 Å². The Morgan fingerprint density at radius 3 is 2.30 bits per heavy atom. The lowest BCUT2D eigenvalue weighted by molar-refractivity contribution is -0.144. The van der Waals surface area contributed by atoms with Crippen LogP contribution in [-0.4, -0.2) is 59.2 Å². The van der Waals surface area contributed by atoms with E-state index in [2.05, 4.69) is 17.9 Å². The number of likely N-dealkylation sites (N-methyl/N-ethyl adjacent to an activating group) is 1. The number of thiol groups is 1. The molecular weight excluding hydrogens is 282 g/mol. The summed E-state index contributed by atoms with van der Waals surface area (Å²) in [6, 6.07) is -1.58. The second-order valence-corrected chi connectivity index (χ2v) is 5.43. The van der Waals surface area contributed by atoms with Gasteiger partial charge in [-0.25, -0.2) is 0 Å². The number of nitrogens with zero attached hydrogens (tertiary/aromatic N) is 1. The first-order valence-corrected chi connectivity index (χ1v) is 6.95. The van der Waals surface area contributed by atoms with Crippen molar-refractivity contribution in [2.45, 2.75) is 32.4 Å². The van der Waals surface area contributed by atoms with Crippen molar-refractivity contribution in [3.05, 3.63) is 0 Å². The molecule has 2 atom stereocenters. The summed E-state index contributed by atoms with van der Waals surface area (Å²) in [5, 5.41) is 11.1. The molecule has 0 aliphatic rings. The minimum atomic E-state index is -1.12. The number of aliphatic carboxylic acids is 1. The molecule has 0 bridgehead atoms. The molecule has 0 aliphatic heterocycles. The highest BCUT2D eigenvalue weighted by atomic mass is 32.1. The van der Waals surface area contributed by atoms with Gasteiger partial charge in [-0.2, -0.15) is 12.6 Å². The number of nitrogens with one attached hydrogen (secondary N) is 1. The van der Waals surface area contributed by atoms with Crippen LogP contribution in [0.2, 0.25) is 0 Å². The molecule has 4 N–H and O–H groups in total. The first-order chi connectivity index (χ1) is 9.18. The molecule has 20 heavy (non-hydrogen) atoms. The molecule has 0 aliphatic carbocycles. The minimum Gasteiger partial charge on any atom is -0.480 e. The van der Waals surface area contributed by atoms with Crippen molar-refractivity contribution in [1.29, 1.82) is 0 Å². The molecule has 0 saturated heterocycles. The molecule has 0 unspecified atom stereocenters. The summed E-state index contributed by atoms with van der Waals surface area (Å²) < 4.78 is 0. The van der Waals surface area contributed by atoms with Crippen LogP contribution in [-0.2, 0) is 14.4 Å². The molecule has 0 fully saturated rings. The van der Waals surface area contributed by atoms with Gasteiger partial charge in [0.1, 0.15) is 12.6 Å². The van der Waals surface area contributed by atoms with Gasteiger partial charge in [0.15, 0.2) is 0 Å². The Morgan fingerprint density at radius 1 is 1.35 bits per heavy atom. The Labute approximate surface area is 124 Å². The maximum absolute atomic E-state index is 11.9. The summed E-state index contributed by atoms with van der Waals surface area (Å²) in [5.41, 5.74) is 5.72. The third-order valence-corrected chi connectivity index (χ3v) is 2.97. The van der Waals surface area contributed by atoms with Crippen molar-refractivity contribution in [2.24, 2.45) is 11.7 Å². The first-order valence-electron chi connectivity index (χ1n) is 6.32. The van der Waals surface area contributed by atoms with E-state index in [0.717, 1.165) is 4.90 Å². The SMILES string of the molecule is CC(C)C[C@H](N)C(=O)N[C@@H](CS)C(=O)N(C)CC(=O)O. The van der Waals surface area contributed by atoms with Gasteiger partial charge in [0.2, 0.25) is 11.8 Å². The molecule has 0 spiro atoms. The van der Waals surface area contributed by atoms with Crippen molar-refractivity contribution in [2.75, 3.05) is 19.3 Å². The highest BCUT2D eigenvalue weighted by Gasteiger charge is 2.26. The van der Waals surface area contributed by atoms with Gasteiger partial charge in [0.05, 0.1) is 6.04 Å². The topological polar surface area (TPSA) is 113 Å². The Bertz CT molecular complexity index is 363. The average molecular weight is 305 g/mol. The summed E-state index contributed by atoms with van der Waals surface area (Å²) in [6.07, 6.45) is 0.504. The Hall–Kier alpha value is -1.28. The summed E-state index contributed by atoms with van der Waals surface area (Å²) in [4.78, 5) is 35.4. The van der Waals surface area contributed by atoms with Crippen molar-refractivity contribution in [3.63, 3.8) is 0 Å². The smallest absolute Gasteiger partial charge is 0.323 e. The molecule has 7 nitrogen and oxygen atoms in total. The summed E-state index contributed by atoms with van der Waals surface area (Å²) in [7, 11) is 1.35. The monoisotopic (exact) mass is 305 g/mol. The van der Waals surface area contributed by atoms with Gasteiger partial charge in [0.25, 0.3) is 0 Å². The fraction of sp³-hybridized carbons (Fsp3) is 0.750. The fourth-order valence-electron chi connectivity index (χ4n) is 1.63. The molecule has 0 rings (SSSR count). The highest BCUT2D eigenvalue weighted by molar-refractivity contribution is 7.80. The van der Waals surface area contributed by atoms with Crippen LogP contribution in [0.4, 0.5) is 0 Å². The fourth-order valence-corrected chi connectivity index (χ4v) is 1.87.